The maximum absolute atomic E-state index is 12.6. The highest BCUT2D eigenvalue weighted by Gasteiger charge is 2.18. The molecule has 35 heavy (non-hydrogen) atoms. The molecule has 2 heterocycles. The summed E-state index contributed by atoms with van der Waals surface area (Å²) in [6.07, 6.45) is 2.33. The number of aromatic nitrogens is 6. The largest absolute Gasteiger partial charge is 0.412 e. The van der Waals surface area contributed by atoms with E-state index in [4.69, 9.17) is 9.47 Å². The van der Waals surface area contributed by atoms with Crippen molar-refractivity contribution in [3.05, 3.63) is 77.6 Å². The fraction of sp³-hybridized carbons (Fsp3) is 0.280. The van der Waals surface area contributed by atoms with Crippen molar-refractivity contribution in [2.75, 3.05) is 6.61 Å². The summed E-state index contributed by atoms with van der Waals surface area (Å²) < 4.78 is 12.9. The molecule has 0 fully saturated rings. The zero-order valence-electron chi connectivity index (χ0n) is 20.1. The molecule has 1 unspecified atom stereocenters. The van der Waals surface area contributed by atoms with Crippen molar-refractivity contribution < 1.29 is 14.3 Å². The quantitative estimate of drug-likeness (QED) is 0.406. The number of hydrogen-bond acceptors (Lipinski definition) is 8. The van der Waals surface area contributed by atoms with Crippen molar-refractivity contribution in [3.63, 3.8) is 0 Å². The van der Waals surface area contributed by atoms with Gasteiger partial charge in [0.25, 0.3) is 0 Å². The van der Waals surface area contributed by atoms with Crippen LogP contribution >= 0.6 is 0 Å². The summed E-state index contributed by atoms with van der Waals surface area (Å²) in [5.74, 6) is 0.886. The number of ether oxygens (including phenoxy) is 2. The molecular weight excluding hydrogens is 446 g/mol. The van der Waals surface area contributed by atoms with Gasteiger partial charge in [0.1, 0.15) is 11.9 Å². The second-order valence-corrected chi connectivity index (χ2v) is 8.02. The van der Waals surface area contributed by atoms with Gasteiger partial charge in [-0.15, -0.1) is 5.10 Å². The summed E-state index contributed by atoms with van der Waals surface area (Å²) in [5, 5.41) is 14.8. The molecule has 1 atom stereocenters. The van der Waals surface area contributed by atoms with Crippen LogP contribution in [0.25, 0.3) is 16.8 Å². The van der Waals surface area contributed by atoms with Crippen LogP contribution in [0.5, 0.6) is 5.75 Å². The van der Waals surface area contributed by atoms with Crippen molar-refractivity contribution >= 4 is 6.09 Å². The van der Waals surface area contributed by atoms with Crippen LogP contribution in [0.2, 0.25) is 0 Å². The smallest absolute Gasteiger partial charge is 0.410 e. The Labute approximate surface area is 203 Å². The first-order chi connectivity index (χ1) is 16.9. The van der Waals surface area contributed by atoms with E-state index in [2.05, 4.69) is 30.8 Å². The van der Waals surface area contributed by atoms with Gasteiger partial charge in [0.05, 0.1) is 29.8 Å². The van der Waals surface area contributed by atoms with Crippen LogP contribution in [0.3, 0.4) is 0 Å². The summed E-state index contributed by atoms with van der Waals surface area (Å²) in [6, 6.07) is 13.5. The van der Waals surface area contributed by atoms with E-state index >= 15 is 0 Å². The molecule has 0 aliphatic heterocycles. The fourth-order valence-corrected chi connectivity index (χ4v) is 3.45. The van der Waals surface area contributed by atoms with Crippen molar-refractivity contribution in [1.82, 2.24) is 35.5 Å². The number of carbonyl (C=O) groups excluding carboxylic acids is 1. The number of tetrazole rings is 1. The first-order valence-corrected chi connectivity index (χ1v) is 11.3. The van der Waals surface area contributed by atoms with Gasteiger partial charge in [-0.05, 0) is 61.4 Å². The Balaban J connectivity index is 1.63. The highest BCUT2D eigenvalue weighted by molar-refractivity contribution is 5.73. The molecule has 0 spiro atoms. The second kappa shape index (κ2) is 10.8. The molecule has 0 saturated heterocycles. The van der Waals surface area contributed by atoms with E-state index in [9.17, 15) is 4.79 Å². The maximum atomic E-state index is 12.6. The predicted molar refractivity (Wildman–Crippen MR) is 129 cm³/mol. The van der Waals surface area contributed by atoms with Crippen molar-refractivity contribution in [3.8, 4) is 22.6 Å². The molecule has 4 rings (SSSR count). The van der Waals surface area contributed by atoms with E-state index in [0.29, 0.717) is 29.6 Å². The monoisotopic (exact) mass is 473 g/mol. The highest BCUT2D eigenvalue weighted by atomic mass is 16.6. The number of amides is 1. The lowest BCUT2D eigenvalue weighted by Gasteiger charge is -2.14. The minimum Gasteiger partial charge on any atom is -0.410 e. The average Bonchev–Trinajstić information content (AvgIpc) is 3.34. The number of carbonyl (C=O) groups is 1. The molecule has 0 aliphatic rings. The Bertz CT molecular complexity index is 1290. The topological polar surface area (TPSA) is 117 Å². The molecule has 0 aliphatic carbocycles. The Morgan fingerprint density at radius 3 is 2.57 bits per heavy atom. The molecular formula is C25H27N7O3. The first-order valence-electron chi connectivity index (χ1n) is 11.3. The number of rotatable bonds is 8. The SMILES string of the molecule is CCOC(C)c1nnnn1-c1cc(OC(=O)NCc2cnc(C)cn2)cc(-c2ccc(C)cc2)c1. The third kappa shape index (κ3) is 6.04. The first kappa shape index (κ1) is 24.0. The van der Waals surface area contributed by atoms with Crippen molar-refractivity contribution in [2.45, 2.75) is 40.3 Å². The zero-order valence-corrected chi connectivity index (χ0v) is 20.1. The lowest BCUT2D eigenvalue weighted by molar-refractivity contribution is 0.0683. The second-order valence-electron chi connectivity index (χ2n) is 8.02. The van der Waals surface area contributed by atoms with E-state index in [1.54, 1.807) is 29.2 Å². The van der Waals surface area contributed by atoms with E-state index in [0.717, 1.165) is 22.4 Å². The lowest BCUT2D eigenvalue weighted by Crippen LogP contribution is -2.26. The standard InChI is InChI=1S/C25H27N7O3/c1-5-34-18(4)24-29-30-31-32(24)22-10-20(19-8-6-16(2)7-9-19)11-23(12-22)35-25(33)28-15-21-14-26-17(3)13-27-21/h6-14,18H,5,15H2,1-4H3,(H,28,33). The number of nitrogens with one attached hydrogen (secondary N) is 1. The van der Waals surface area contributed by atoms with Crippen molar-refractivity contribution in [1.29, 1.82) is 0 Å². The normalized spacial score (nSPS) is 11.8. The summed E-state index contributed by atoms with van der Waals surface area (Å²) in [5.41, 5.74) is 5.03. The van der Waals surface area contributed by atoms with Crippen LogP contribution in [0, 0.1) is 13.8 Å². The molecule has 1 amide bonds. The van der Waals surface area contributed by atoms with Gasteiger partial charge < -0.3 is 14.8 Å². The van der Waals surface area contributed by atoms with Crippen LogP contribution in [0.4, 0.5) is 4.79 Å². The van der Waals surface area contributed by atoms with Gasteiger partial charge in [0.2, 0.25) is 0 Å². The minimum absolute atomic E-state index is 0.194. The Hall–Kier alpha value is -4.18. The Morgan fingerprint density at radius 1 is 1.06 bits per heavy atom. The Kier molecular flexibility index (Phi) is 7.41. The Morgan fingerprint density at radius 2 is 1.86 bits per heavy atom. The molecule has 2 aromatic carbocycles. The molecule has 0 bridgehead atoms. The van der Waals surface area contributed by atoms with Crippen LogP contribution < -0.4 is 10.1 Å². The van der Waals surface area contributed by atoms with Crippen molar-refractivity contribution in [2.24, 2.45) is 0 Å². The highest BCUT2D eigenvalue weighted by Crippen LogP contribution is 2.29. The lowest BCUT2D eigenvalue weighted by atomic mass is 10.0. The van der Waals surface area contributed by atoms with Gasteiger partial charge in [0.15, 0.2) is 5.82 Å². The molecule has 180 valence electrons. The van der Waals surface area contributed by atoms with Gasteiger partial charge in [-0.1, -0.05) is 29.8 Å². The van der Waals surface area contributed by atoms with Crippen LogP contribution in [-0.2, 0) is 11.3 Å². The van der Waals surface area contributed by atoms with Gasteiger partial charge >= 0.3 is 6.09 Å². The summed E-state index contributed by atoms with van der Waals surface area (Å²) in [7, 11) is 0. The van der Waals surface area contributed by atoms with E-state index in [-0.39, 0.29) is 12.6 Å². The summed E-state index contributed by atoms with van der Waals surface area (Å²) >= 11 is 0. The number of benzene rings is 2. The minimum atomic E-state index is -0.612. The molecule has 2 aromatic heterocycles. The third-order valence-electron chi connectivity index (χ3n) is 5.25. The average molecular weight is 474 g/mol. The summed E-state index contributed by atoms with van der Waals surface area (Å²) in [6.45, 7) is 8.39. The maximum Gasteiger partial charge on any atom is 0.412 e. The fourth-order valence-electron chi connectivity index (χ4n) is 3.45. The summed E-state index contributed by atoms with van der Waals surface area (Å²) in [4.78, 5) is 21.0. The number of hydrogen-bond donors (Lipinski definition) is 1. The van der Waals surface area contributed by atoms with Crippen LogP contribution in [0.1, 0.15) is 42.7 Å². The number of aryl methyl sites for hydroxylation is 2. The predicted octanol–water partition coefficient (Wildman–Crippen LogP) is 4.12. The number of nitrogens with zero attached hydrogens (tertiary/aromatic N) is 6. The molecule has 1 N–H and O–H groups in total. The van der Waals surface area contributed by atoms with E-state index in [1.807, 2.05) is 58.0 Å². The van der Waals surface area contributed by atoms with Gasteiger partial charge in [0, 0.05) is 18.9 Å². The van der Waals surface area contributed by atoms with Crippen LogP contribution in [-0.4, -0.2) is 42.9 Å². The molecule has 10 nitrogen and oxygen atoms in total. The van der Waals surface area contributed by atoms with Gasteiger partial charge in [-0.2, -0.15) is 4.68 Å². The molecule has 10 heteroatoms. The molecule has 4 aromatic rings. The van der Waals surface area contributed by atoms with Gasteiger partial charge in [-0.25, -0.2) is 4.79 Å². The van der Waals surface area contributed by atoms with E-state index in [1.165, 1.54) is 0 Å². The van der Waals surface area contributed by atoms with Crippen LogP contribution in [0.15, 0.2) is 54.9 Å². The third-order valence-corrected chi connectivity index (χ3v) is 5.25. The van der Waals surface area contributed by atoms with E-state index < -0.39 is 6.09 Å². The molecule has 0 radical (unpaired) electrons. The molecule has 0 saturated carbocycles. The zero-order chi connectivity index (χ0) is 24.8. The van der Waals surface area contributed by atoms with Gasteiger partial charge in [-0.3, -0.25) is 9.97 Å².